The summed E-state index contributed by atoms with van der Waals surface area (Å²) < 4.78 is 0. The summed E-state index contributed by atoms with van der Waals surface area (Å²) in [6, 6.07) is 0. The van der Waals surface area contributed by atoms with E-state index >= 15 is 0 Å². The summed E-state index contributed by atoms with van der Waals surface area (Å²) in [5.41, 5.74) is 0.284. The molecule has 1 aliphatic rings. The minimum Gasteiger partial charge on any atom is -0.300 e. The van der Waals surface area contributed by atoms with Gasteiger partial charge in [0.25, 0.3) is 0 Å². The summed E-state index contributed by atoms with van der Waals surface area (Å²) in [7, 11) is 0. The van der Waals surface area contributed by atoms with Gasteiger partial charge in [0.15, 0.2) is 0 Å². The Balaban J connectivity index is 2.68. The molecule has 1 unspecified atom stereocenters. The lowest BCUT2D eigenvalue weighted by Crippen LogP contribution is -2.23. The first kappa shape index (κ1) is 7.77. The zero-order valence-electron chi connectivity index (χ0n) is 7.11. The van der Waals surface area contributed by atoms with E-state index in [0.29, 0.717) is 11.7 Å². The van der Waals surface area contributed by atoms with Crippen molar-refractivity contribution in [2.45, 2.75) is 40.0 Å². The van der Waals surface area contributed by atoms with Crippen LogP contribution in [-0.2, 0) is 4.79 Å². The molecule has 1 fully saturated rings. The highest BCUT2D eigenvalue weighted by Gasteiger charge is 2.36. The van der Waals surface area contributed by atoms with Crippen molar-refractivity contribution < 1.29 is 4.79 Å². The molecule has 10 heavy (non-hydrogen) atoms. The van der Waals surface area contributed by atoms with Crippen molar-refractivity contribution in [1.29, 1.82) is 0 Å². The largest absolute Gasteiger partial charge is 0.300 e. The van der Waals surface area contributed by atoms with Crippen LogP contribution in [0, 0.1) is 11.3 Å². The normalized spacial score (nSPS) is 30.5. The third kappa shape index (κ3) is 1.23. The number of carbonyl (C=O) groups excluding carboxylic acids is 1. The van der Waals surface area contributed by atoms with Gasteiger partial charge in [0.05, 0.1) is 0 Å². The molecule has 0 aromatic heterocycles. The number of rotatable bonds is 1. The van der Waals surface area contributed by atoms with E-state index in [2.05, 4.69) is 13.8 Å². The summed E-state index contributed by atoms with van der Waals surface area (Å²) >= 11 is 0. The van der Waals surface area contributed by atoms with Gasteiger partial charge in [-0.3, -0.25) is 4.79 Å². The van der Waals surface area contributed by atoms with Gasteiger partial charge in [-0.2, -0.15) is 0 Å². The summed E-state index contributed by atoms with van der Waals surface area (Å²) in [6.07, 6.45) is 3.57. The third-order valence-electron chi connectivity index (χ3n) is 2.75. The molecule has 0 spiro atoms. The molecule has 1 heteroatoms. The van der Waals surface area contributed by atoms with Crippen LogP contribution in [0.3, 0.4) is 0 Å². The Morgan fingerprint density at radius 2 is 2.10 bits per heavy atom. The summed E-state index contributed by atoms with van der Waals surface area (Å²) in [6.45, 7) is 6.12. The van der Waals surface area contributed by atoms with Crippen molar-refractivity contribution in [1.82, 2.24) is 0 Å². The standard InChI is InChI=1S/C9H16O/c1-7(10)8-5-4-6-9(8,2)3/h8H,4-6H2,1-3H3. The lowest BCUT2D eigenvalue weighted by molar-refractivity contribution is -0.123. The average molecular weight is 140 g/mol. The lowest BCUT2D eigenvalue weighted by atomic mass is 9.80. The molecular formula is C9H16O. The molecular weight excluding hydrogens is 124 g/mol. The van der Waals surface area contributed by atoms with Gasteiger partial charge in [-0.15, -0.1) is 0 Å². The highest BCUT2D eigenvalue weighted by Crippen LogP contribution is 2.42. The fraction of sp³-hybridized carbons (Fsp3) is 0.889. The highest BCUT2D eigenvalue weighted by atomic mass is 16.1. The predicted octanol–water partition coefficient (Wildman–Crippen LogP) is 2.40. The number of hydrogen-bond acceptors (Lipinski definition) is 1. The van der Waals surface area contributed by atoms with Gasteiger partial charge in [-0.05, 0) is 25.2 Å². The Morgan fingerprint density at radius 3 is 2.30 bits per heavy atom. The predicted molar refractivity (Wildman–Crippen MR) is 41.8 cm³/mol. The molecule has 1 nitrogen and oxygen atoms in total. The average Bonchev–Trinajstić information content (AvgIpc) is 2.08. The molecule has 0 aliphatic heterocycles. The molecule has 0 bridgehead atoms. The second kappa shape index (κ2) is 2.37. The SMILES string of the molecule is CC(=O)C1CCCC1(C)C. The van der Waals surface area contributed by atoms with Crippen LogP contribution >= 0.6 is 0 Å². The second-order valence-electron chi connectivity index (χ2n) is 4.04. The van der Waals surface area contributed by atoms with Crippen molar-refractivity contribution in [2.75, 3.05) is 0 Å². The molecule has 1 saturated carbocycles. The minimum absolute atomic E-state index is 0.284. The first-order valence-corrected chi connectivity index (χ1v) is 4.04. The van der Waals surface area contributed by atoms with Gasteiger partial charge in [-0.25, -0.2) is 0 Å². The molecule has 58 valence electrons. The Bertz CT molecular complexity index is 147. The molecule has 0 amide bonds. The molecule has 1 rings (SSSR count). The van der Waals surface area contributed by atoms with E-state index in [1.165, 1.54) is 12.8 Å². The molecule has 0 aromatic carbocycles. The van der Waals surface area contributed by atoms with E-state index in [4.69, 9.17) is 0 Å². The maximum Gasteiger partial charge on any atom is 0.133 e. The molecule has 0 aromatic rings. The van der Waals surface area contributed by atoms with Crippen LogP contribution in [0.15, 0.2) is 0 Å². The van der Waals surface area contributed by atoms with Gasteiger partial charge in [0.2, 0.25) is 0 Å². The van der Waals surface area contributed by atoms with Gasteiger partial charge < -0.3 is 0 Å². The lowest BCUT2D eigenvalue weighted by Gasteiger charge is -2.24. The van der Waals surface area contributed by atoms with Crippen LogP contribution in [0.4, 0.5) is 0 Å². The summed E-state index contributed by atoms with van der Waals surface area (Å²) in [4.78, 5) is 11.1. The van der Waals surface area contributed by atoms with Crippen molar-refractivity contribution in [3.05, 3.63) is 0 Å². The third-order valence-corrected chi connectivity index (χ3v) is 2.75. The number of Topliss-reactive ketones (excluding diaryl/α,β-unsaturated/α-hetero) is 1. The Kier molecular flexibility index (Phi) is 1.84. The van der Waals surface area contributed by atoms with Crippen molar-refractivity contribution in [3.63, 3.8) is 0 Å². The highest BCUT2D eigenvalue weighted by molar-refractivity contribution is 5.79. The van der Waals surface area contributed by atoms with Crippen molar-refractivity contribution >= 4 is 5.78 Å². The Labute approximate surface area is 62.8 Å². The van der Waals surface area contributed by atoms with Crippen molar-refractivity contribution in [3.8, 4) is 0 Å². The monoisotopic (exact) mass is 140 g/mol. The molecule has 0 heterocycles. The van der Waals surface area contributed by atoms with Crippen LogP contribution in [0.5, 0.6) is 0 Å². The zero-order valence-corrected chi connectivity index (χ0v) is 7.11. The number of ketones is 1. The molecule has 1 atom stereocenters. The maximum atomic E-state index is 11.1. The van der Waals surface area contributed by atoms with Gasteiger partial charge in [-0.1, -0.05) is 20.3 Å². The molecule has 1 aliphatic carbocycles. The molecule has 0 saturated heterocycles. The van der Waals surface area contributed by atoms with Gasteiger partial charge >= 0.3 is 0 Å². The van der Waals surface area contributed by atoms with E-state index in [-0.39, 0.29) is 5.41 Å². The summed E-state index contributed by atoms with van der Waals surface area (Å²) in [5, 5.41) is 0. The van der Waals surface area contributed by atoms with Crippen LogP contribution in [-0.4, -0.2) is 5.78 Å². The Hall–Kier alpha value is -0.330. The topological polar surface area (TPSA) is 17.1 Å². The number of carbonyl (C=O) groups is 1. The van der Waals surface area contributed by atoms with Crippen LogP contribution in [0.2, 0.25) is 0 Å². The first-order valence-electron chi connectivity index (χ1n) is 4.04. The van der Waals surface area contributed by atoms with Gasteiger partial charge in [0, 0.05) is 5.92 Å². The van der Waals surface area contributed by atoms with Crippen LogP contribution in [0.1, 0.15) is 40.0 Å². The first-order chi connectivity index (χ1) is 4.54. The minimum atomic E-state index is 0.284. The Morgan fingerprint density at radius 1 is 1.50 bits per heavy atom. The van der Waals surface area contributed by atoms with E-state index in [1.54, 1.807) is 6.92 Å². The van der Waals surface area contributed by atoms with E-state index in [9.17, 15) is 4.79 Å². The molecule has 0 radical (unpaired) electrons. The van der Waals surface area contributed by atoms with Gasteiger partial charge in [0.1, 0.15) is 5.78 Å². The fourth-order valence-corrected chi connectivity index (χ4v) is 2.08. The van der Waals surface area contributed by atoms with Crippen LogP contribution in [0.25, 0.3) is 0 Å². The zero-order chi connectivity index (χ0) is 7.78. The maximum absolute atomic E-state index is 11.1. The van der Waals surface area contributed by atoms with Crippen LogP contribution < -0.4 is 0 Å². The second-order valence-corrected chi connectivity index (χ2v) is 4.04. The van der Waals surface area contributed by atoms with E-state index in [1.807, 2.05) is 0 Å². The summed E-state index contributed by atoms with van der Waals surface area (Å²) in [5.74, 6) is 0.718. The quantitative estimate of drug-likeness (QED) is 0.546. The van der Waals surface area contributed by atoms with E-state index in [0.717, 1.165) is 6.42 Å². The number of hydrogen-bond donors (Lipinski definition) is 0. The molecule has 0 N–H and O–H groups in total. The van der Waals surface area contributed by atoms with E-state index < -0.39 is 0 Å². The smallest absolute Gasteiger partial charge is 0.133 e. The van der Waals surface area contributed by atoms with Crippen molar-refractivity contribution in [2.24, 2.45) is 11.3 Å². The fourth-order valence-electron chi connectivity index (χ4n) is 2.08.